The summed E-state index contributed by atoms with van der Waals surface area (Å²) in [6.07, 6.45) is 1.05. The molecule has 186 valence electrons. The van der Waals surface area contributed by atoms with Crippen LogP contribution in [-0.4, -0.2) is 40.9 Å². The first-order chi connectivity index (χ1) is 16.5. The van der Waals surface area contributed by atoms with Crippen LogP contribution in [0.15, 0.2) is 71.6 Å². The van der Waals surface area contributed by atoms with Crippen molar-refractivity contribution in [3.05, 3.63) is 77.9 Å². The highest BCUT2D eigenvalue weighted by Crippen LogP contribution is 2.54. The maximum absolute atomic E-state index is 9.94. The lowest BCUT2D eigenvalue weighted by molar-refractivity contribution is 0.190. The minimum atomic E-state index is -0.215. The third-order valence-corrected chi connectivity index (χ3v) is 8.05. The van der Waals surface area contributed by atoms with Crippen molar-refractivity contribution < 1.29 is 19.7 Å². The summed E-state index contributed by atoms with van der Waals surface area (Å²) in [4.78, 5) is 3.41. The number of hydrogen-bond donors (Lipinski definition) is 2. The van der Waals surface area contributed by atoms with E-state index in [1.54, 1.807) is 36.0 Å². The molecule has 5 nitrogen and oxygen atoms in total. The summed E-state index contributed by atoms with van der Waals surface area (Å²) in [6, 6.07) is 21.2. The van der Waals surface area contributed by atoms with E-state index in [0.29, 0.717) is 12.6 Å². The van der Waals surface area contributed by atoms with Gasteiger partial charge in [0.25, 0.3) is 0 Å². The van der Waals surface area contributed by atoms with Crippen molar-refractivity contribution in [1.29, 1.82) is 0 Å². The molecule has 1 saturated heterocycles. The number of hydrogen-bond acceptors (Lipinski definition) is 6. The van der Waals surface area contributed by atoms with Crippen molar-refractivity contribution in [2.24, 2.45) is 5.92 Å². The lowest BCUT2D eigenvalue weighted by Crippen LogP contribution is -2.31. The van der Waals surface area contributed by atoms with Gasteiger partial charge in [0.05, 0.1) is 10.1 Å². The summed E-state index contributed by atoms with van der Waals surface area (Å²) in [5, 5.41) is 19.7. The lowest BCUT2D eigenvalue weighted by atomic mass is 10.00. The Hall–Kier alpha value is -2.54. The number of halogens is 1. The summed E-state index contributed by atoms with van der Waals surface area (Å²) < 4.78 is 12.5. The van der Waals surface area contributed by atoms with Gasteiger partial charge in [-0.2, -0.15) is 0 Å². The van der Waals surface area contributed by atoms with Crippen molar-refractivity contribution in [3.8, 4) is 23.0 Å². The molecule has 0 spiro atoms. The quantitative estimate of drug-likeness (QED) is 0.387. The molecule has 0 amide bonds. The first kappa shape index (κ1) is 25.5. The van der Waals surface area contributed by atoms with E-state index in [9.17, 15) is 10.2 Å². The summed E-state index contributed by atoms with van der Waals surface area (Å²) in [5.41, 5.74) is 2.11. The van der Waals surface area contributed by atoms with Crippen molar-refractivity contribution >= 4 is 24.2 Å². The van der Waals surface area contributed by atoms with E-state index in [1.165, 1.54) is 6.42 Å². The largest absolute Gasteiger partial charge is 0.508 e. The second kappa shape index (κ2) is 11.0. The molecule has 35 heavy (non-hydrogen) atoms. The molecule has 0 unspecified atom stereocenters. The van der Waals surface area contributed by atoms with Gasteiger partial charge in [-0.05, 0) is 72.9 Å². The van der Waals surface area contributed by atoms with Crippen LogP contribution in [0.2, 0.25) is 0 Å². The van der Waals surface area contributed by atoms with Crippen LogP contribution in [0.3, 0.4) is 0 Å². The number of likely N-dealkylation sites (tertiary alicyclic amines) is 1. The van der Waals surface area contributed by atoms with Gasteiger partial charge in [-0.25, -0.2) is 0 Å². The van der Waals surface area contributed by atoms with Gasteiger partial charge in [0.1, 0.15) is 35.7 Å². The second-order valence-corrected chi connectivity index (χ2v) is 10.6. The molecular weight excluding hydrogens is 482 g/mol. The van der Waals surface area contributed by atoms with Gasteiger partial charge in [-0.3, -0.25) is 4.90 Å². The Labute approximate surface area is 217 Å². The minimum Gasteiger partial charge on any atom is -0.508 e. The molecule has 5 rings (SSSR count). The summed E-state index contributed by atoms with van der Waals surface area (Å²) in [5.74, 6) is 2.84. The molecule has 2 heterocycles. The van der Waals surface area contributed by atoms with E-state index < -0.39 is 0 Å². The molecule has 4 atom stereocenters. The Balaban J connectivity index is 0.00000289. The number of rotatable bonds is 6. The fraction of sp³-hybridized carbons (Fsp3) is 0.357. The molecule has 7 heteroatoms. The standard InChI is InChI=1S/C28H31NO4S.ClH/c1-18-15-19(2)29(17-18)13-14-32-24-10-5-20(6-11-24)27-28(21-3-7-22(30)8-4-21)34-26-16-23(31)9-12-25(26)33-27;/h3-12,16,18-19,27-28,30-31H,13-15,17H2,1-2H3;1H/t18-,19-,27+,28-;/m1./s1. The molecule has 2 aliphatic rings. The topological polar surface area (TPSA) is 62.2 Å². The van der Waals surface area contributed by atoms with Gasteiger partial charge >= 0.3 is 0 Å². The molecule has 1 fully saturated rings. The monoisotopic (exact) mass is 513 g/mol. The Kier molecular flexibility index (Phi) is 8.05. The Morgan fingerprint density at radius 1 is 0.943 bits per heavy atom. The summed E-state index contributed by atoms with van der Waals surface area (Å²) in [6.45, 7) is 7.39. The zero-order valence-corrected chi connectivity index (χ0v) is 21.6. The Morgan fingerprint density at radius 2 is 1.63 bits per heavy atom. The summed E-state index contributed by atoms with van der Waals surface area (Å²) in [7, 11) is 0. The number of ether oxygens (including phenoxy) is 2. The van der Waals surface area contributed by atoms with Crippen molar-refractivity contribution in [1.82, 2.24) is 4.90 Å². The molecule has 3 aromatic rings. The highest BCUT2D eigenvalue weighted by atomic mass is 35.5. The molecule has 0 aliphatic carbocycles. The van der Waals surface area contributed by atoms with Gasteiger partial charge in [-0.1, -0.05) is 31.2 Å². The average molecular weight is 514 g/mol. The van der Waals surface area contributed by atoms with E-state index in [-0.39, 0.29) is 35.3 Å². The van der Waals surface area contributed by atoms with E-state index in [1.807, 2.05) is 30.3 Å². The van der Waals surface area contributed by atoms with E-state index in [4.69, 9.17) is 9.47 Å². The number of fused-ring (bicyclic) bond motifs is 1. The van der Waals surface area contributed by atoms with Crippen LogP contribution in [0.25, 0.3) is 0 Å². The normalized spacial score (nSPS) is 23.7. The summed E-state index contributed by atoms with van der Waals surface area (Å²) >= 11 is 1.66. The highest BCUT2D eigenvalue weighted by Gasteiger charge is 2.33. The molecule has 0 bridgehead atoms. The van der Waals surface area contributed by atoms with Crippen LogP contribution in [-0.2, 0) is 0 Å². The molecule has 3 aromatic carbocycles. The Morgan fingerprint density at radius 3 is 2.31 bits per heavy atom. The van der Waals surface area contributed by atoms with Gasteiger partial charge < -0.3 is 19.7 Å². The van der Waals surface area contributed by atoms with E-state index >= 15 is 0 Å². The number of phenolic OH excluding ortho intramolecular Hbond substituents is 2. The molecule has 2 N–H and O–H groups in total. The first-order valence-corrected chi connectivity index (χ1v) is 12.8. The van der Waals surface area contributed by atoms with Crippen LogP contribution in [0.1, 0.15) is 42.7 Å². The van der Waals surface area contributed by atoms with Gasteiger partial charge in [0.2, 0.25) is 0 Å². The van der Waals surface area contributed by atoms with Crippen molar-refractivity contribution in [3.63, 3.8) is 0 Å². The van der Waals surface area contributed by atoms with Crippen LogP contribution in [0.4, 0.5) is 0 Å². The fourth-order valence-electron chi connectivity index (χ4n) is 4.97. The van der Waals surface area contributed by atoms with Gasteiger partial charge in [-0.15, -0.1) is 24.2 Å². The highest BCUT2D eigenvalue weighted by molar-refractivity contribution is 7.99. The maximum atomic E-state index is 9.94. The molecule has 2 aliphatic heterocycles. The van der Waals surface area contributed by atoms with Gasteiger partial charge in [0, 0.05) is 19.1 Å². The van der Waals surface area contributed by atoms with Crippen LogP contribution >= 0.6 is 24.2 Å². The number of thioether (sulfide) groups is 1. The smallest absolute Gasteiger partial charge is 0.140 e. The number of nitrogens with zero attached hydrogens (tertiary/aromatic N) is 1. The zero-order chi connectivity index (χ0) is 23.7. The molecule has 0 aromatic heterocycles. The SMILES string of the molecule is C[C@@H]1C[C@@H](C)N(CCOc2ccc([C@@H]3Oc4ccc(O)cc4S[C@@H]3c3ccc(O)cc3)cc2)C1.Cl. The maximum Gasteiger partial charge on any atom is 0.140 e. The van der Waals surface area contributed by atoms with Gasteiger partial charge in [0.15, 0.2) is 0 Å². The molecular formula is C28H32ClNO4S. The lowest BCUT2D eigenvalue weighted by Gasteiger charge is -2.34. The van der Waals surface area contributed by atoms with E-state index in [2.05, 4.69) is 30.9 Å². The van der Waals surface area contributed by atoms with E-state index in [0.717, 1.165) is 46.5 Å². The second-order valence-electron chi connectivity index (χ2n) is 9.40. The zero-order valence-electron chi connectivity index (χ0n) is 20.0. The minimum absolute atomic E-state index is 0. The Bertz CT molecular complexity index is 1120. The fourth-order valence-corrected chi connectivity index (χ4v) is 6.29. The average Bonchev–Trinajstić information content (AvgIpc) is 3.16. The number of aromatic hydroxyl groups is 2. The van der Waals surface area contributed by atoms with Crippen LogP contribution < -0.4 is 9.47 Å². The number of benzene rings is 3. The predicted molar refractivity (Wildman–Crippen MR) is 142 cm³/mol. The first-order valence-electron chi connectivity index (χ1n) is 11.9. The van der Waals surface area contributed by atoms with Crippen molar-refractivity contribution in [2.75, 3.05) is 19.7 Å². The number of phenols is 2. The van der Waals surface area contributed by atoms with Crippen LogP contribution in [0, 0.1) is 5.92 Å². The third-order valence-electron chi connectivity index (χ3n) is 6.70. The third kappa shape index (κ3) is 5.83. The van der Waals surface area contributed by atoms with Crippen molar-refractivity contribution in [2.45, 2.75) is 42.6 Å². The predicted octanol–water partition coefficient (Wildman–Crippen LogP) is 6.60. The molecule has 0 radical (unpaired) electrons. The van der Waals surface area contributed by atoms with Crippen LogP contribution in [0.5, 0.6) is 23.0 Å². The molecule has 0 saturated carbocycles.